The second-order valence-electron chi connectivity index (χ2n) is 3.25. The zero-order valence-electron chi connectivity index (χ0n) is 8.32. The first-order valence-electron chi connectivity index (χ1n) is 4.80. The van der Waals surface area contributed by atoms with Gasteiger partial charge in [-0.15, -0.1) is 0 Å². The first-order chi connectivity index (χ1) is 7.93. The van der Waals surface area contributed by atoms with E-state index >= 15 is 0 Å². The van der Waals surface area contributed by atoms with Gasteiger partial charge in [-0.3, -0.25) is 0 Å². The molecule has 0 fully saturated rings. The highest BCUT2D eigenvalue weighted by Crippen LogP contribution is 2.16. The molecule has 0 N–H and O–H groups in total. The average molecular weight is 212 g/mol. The van der Waals surface area contributed by atoms with Crippen LogP contribution in [-0.4, -0.2) is 19.9 Å². The van der Waals surface area contributed by atoms with Crippen LogP contribution in [0.2, 0.25) is 0 Å². The van der Waals surface area contributed by atoms with Crippen LogP contribution in [0.25, 0.3) is 17.1 Å². The highest BCUT2D eigenvalue weighted by Gasteiger charge is 2.02. The quantitative estimate of drug-likeness (QED) is 0.651. The Morgan fingerprint density at radius 2 is 2.00 bits per heavy atom. The molecule has 0 atom stereocenters. The van der Waals surface area contributed by atoms with Crippen molar-refractivity contribution in [2.75, 3.05) is 0 Å². The summed E-state index contributed by atoms with van der Waals surface area (Å²) in [6.07, 6.45) is 4.95. The van der Waals surface area contributed by atoms with Gasteiger partial charge in [0.2, 0.25) is 12.2 Å². The van der Waals surface area contributed by atoms with Crippen LogP contribution in [0.4, 0.5) is 0 Å². The van der Waals surface area contributed by atoms with Gasteiger partial charge in [0.05, 0.1) is 5.69 Å². The molecular formula is C11H8N4O. The summed E-state index contributed by atoms with van der Waals surface area (Å²) in [5, 5.41) is 7.92. The zero-order chi connectivity index (χ0) is 10.8. The lowest BCUT2D eigenvalue weighted by atomic mass is 10.2. The zero-order valence-corrected chi connectivity index (χ0v) is 8.32. The number of benzene rings is 1. The molecule has 0 bridgehead atoms. The second kappa shape index (κ2) is 3.62. The van der Waals surface area contributed by atoms with E-state index in [1.54, 1.807) is 10.9 Å². The monoisotopic (exact) mass is 212 g/mol. The number of hydrogen-bond donors (Lipinski definition) is 0. The van der Waals surface area contributed by atoms with Crippen LogP contribution in [-0.2, 0) is 0 Å². The van der Waals surface area contributed by atoms with Crippen LogP contribution < -0.4 is 0 Å². The summed E-state index contributed by atoms with van der Waals surface area (Å²) < 4.78 is 6.48. The lowest BCUT2D eigenvalue weighted by molar-refractivity contribution is 0.419. The maximum absolute atomic E-state index is 4.69. The van der Waals surface area contributed by atoms with Gasteiger partial charge in [0.1, 0.15) is 0 Å². The number of nitrogens with zero attached hydrogens (tertiary/aromatic N) is 4. The fourth-order valence-corrected chi connectivity index (χ4v) is 1.48. The Morgan fingerprint density at radius 3 is 2.62 bits per heavy atom. The van der Waals surface area contributed by atoms with Gasteiger partial charge >= 0.3 is 0 Å². The standard InChI is InChI=1S/C11H8N4O/c1-6-13-15(7-1)10-4-2-9(3-5-10)11-12-8-16-14-11/h1-8H. The summed E-state index contributed by atoms with van der Waals surface area (Å²) in [6, 6.07) is 9.66. The van der Waals surface area contributed by atoms with E-state index in [1.807, 2.05) is 36.5 Å². The lowest BCUT2D eigenvalue weighted by Crippen LogP contribution is -1.93. The van der Waals surface area contributed by atoms with Crippen molar-refractivity contribution in [2.24, 2.45) is 0 Å². The van der Waals surface area contributed by atoms with Crippen LogP contribution in [0.3, 0.4) is 0 Å². The Bertz CT molecular complexity index is 501. The third-order valence-corrected chi connectivity index (χ3v) is 2.26. The summed E-state index contributed by atoms with van der Waals surface area (Å²) in [7, 11) is 0. The van der Waals surface area contributed by atoms with Crippen LogP contribution in [0, 0.1) is 0 Å². The van der Waals surface area contributed by atoms with Crippen molar-refractivity contribution in [3.63, 3.8) is 0 Å². The molecule has 5 heteroatoms. The molecule has 5 nitrogen and oxygen atoms in total. The van der Waals surface area contributed by atoms with Crippen LogP contribution in [0.1, 0.15) is 0 Å². The predicted octanol–water partition coefficient (Wildman–Crippen LogP) is 1.92. The van der Waals surface area contributed by atoms with Crippen molar-refractivity contribution >= 4 is 0 Å². The van der Waals surface area contributed by atoms with Crippen LogP contribution in [0.5, 0.6) is 0 Å². The number of hydrogen-bond acceptors (Lipinski definition) is 4. The molecule has 0 radical (unpaired) electrons. The molecule has 0 saturated heterocycles. The summed E-state index contributed by atoms with van der Waals surface area (Å²) in [5.74, 6) is 0.590. The van der Waals surface area contributed by atoms with Crippen molar-refractivity contribution in [2.45, 2.75) is 0 Å². The lowest BCUT2D eigenvalue weighted by Gasteiger charge is -2.01. The van der Waals surface area contributed by atoms with Crippen molar-refractivity contribution in [1.29, 1.82) is 0 Å². The minimum atomic E-state index is 0.590. The number of aromatic nitrogens is 4. The smallest absolute Gasteiger partial charge is 0.214 e. The van der Waals surface area contributed by atoms with Crippen LogP contribution in [0.15, 0.2) is 53.6 Å². The molecule has 0 amide bonds. The molecule has 2 heterocycles. The van der Waals surface area contributed by atoms with E-state index in [0.29, 0.717) is 5.82 Å². The van der Waals surface area contributed by atoms with Gasteiger partial charge in [-0.25, -0.2) is 4.68 Å². The fraction of sp³-hybridized carbons (Fsp3) is 0. The van der Waals surface area contributed by atoms with E-state index in [9.17, 15) is 0 Å². The van der Waals surface area contributed by atoms with Gasteiger partial charge < -0.3 is 4.52 Å². The molecule has 0 aliphatic carbocycles. The third-order valence-electron chi connectivity index (χ3n) is 2.26. The minimum Gasteiger partial charge on any atom is -0.342 e. The van der Waals surface area contributed by atoms with Crippen molar-refractivity contribution in [3.8, 4) is 17.1 Å². The Hall–Kier alpha value is -2.43. The van der Waals surface area contributed by atoms with E-state index < -0.39 is 0 Å². The van der Waals surface area contributed by atoms with Gasteiger partial charge in [0.15, 0.2) is 0 Å². The van der Waals surface area contributed by atoms with Gasteiger partial charge in [0.25, 0.3) is 0 Å². The summed E-state index contributed by atoms with van der Waals surface area (Å²) in [4.78, 5) is 3.98. The van der Waals surface area contributed by atoms with Gasteiger partial charge in [-0.05, 0) is 30.3 Å². The summed E-state index contributed by atoms with van der Waals surface area (Å²) in [5.41, 5.74) is 1.92. The second-order valence-corrected chi connectivity index (χ2v) is 3.25. The van der Waals surface area contributed by atoms with Gasteiger partial charge in [0, 0.05) is 18.0 Å². The molecule has 3 aromatic rings. The molecule has 2 aromatic heterocycles. The maximum atomic E-state index is 4.69. The van der Waals surface area contributed by atoms with E-state index in [0.717, 1.165) is 11.3 Å². The average Bonchev–Trinajstić information content (AvgIpc) is 3.03. The van der Waals surface area contributed by atoms with E-state index in [-0.39, 0.29) is 0 Å². The topological polar surface area (TPSA) is 56.7 Å². The molecule has 0 aliphatic rings. The molecular weight excluding hydrogens is 204 g/mol. The van der Waals surface area contributed by atoms with Crippen LogP contribution >= 0.6 is 0 Å². The molecule has 0 aliphatic heterocycles. The van der Waals surface area contributed by atoms with E-state index in [2.05, 4.69) is 15.2 Å². The normalized spacial score (nSPS) is 10.5. The minimum absolute atomic E-state index is 0.590. The first kappa shape index (κ1) is 8.84. The Kier molecular flexibility index (Phi) is 2.00. The number of rotatable bonds is 2. The van der Waals surface area contributed by atoms with Crippen molar-refractivity contribution < 1.29 is 4.52 Å². The van der Waals surface area contributed by atoms with E-state index in [4.69, 9.17) is 4.52 Å². The maximum Gasteiger partial charge on any atom is 0.214 e. The highest BCUT2D eigenvalue weighted by molar-refractivity contribution is 5.56. The molecule has 1 aromatic carbocycles. The molecule has 0 saturated carbocycles. The van der Waals surface area contributed by atoms with Crippen molar-refractivity contribution in [1.82, 2.24) is 19.9 Å². The SMILES string of the molecule is c1cnn(-c2ccc(-c3ncon3)cc2)c1. The predicted molar refractivity (Wildman–Crippen MR) is 56.9 cm³/mol. The molecule has 16 heavy (non-hydrogen) atoms. The Balaban J connectivity index is 1.97. The molecule has 0 unspecified atom stereocenters. The summed E-state index contributed by atoms with van der Waals surface area (Å²) >= 11 is 0. The summed E-state index contributed by atoms with van der Waals surface area (Å²) in [6.45, 7) is 0. The first-order valence-corrected chi connectivity index (χ1v) is 4.80. The third kappa shape index (κ3) is 1.48. The van der Waals surface area contributed by atoms with Gasteiger partial charge in [-0.1, -0.05) is 5.16 Å². The van der Waals surface area contributed by atoms with E-state index in [1.165, 1.54) is 6.39 Å². The molecule has 78 valence electrons. The largest absolute Gasteiger partial charge is 0.342 e. The molecule has 3 rings (SSSR count). The van der Waals surface area contributed by atoms with Crippen molar-refractivity contribution in [3.05, 3.63) is 49.1 Å². The fourth-order valence-electron chi connectivity index (χ4n) is 1.48. The highest BCUT2D eigenvalue weighted by atomic mass is 16.5. The molecule has 0 spiro atoms. The Labute approximate surface area is 91.3 Å². The van der Waals surface area contributed by atoms with Gasteiger partial charge in [-0.2, -0.15) is 10.1 Å². The Morgan fingerprint density at radius 1 is 1.12 bits per heavy atom.